The molecule has 1 aromatic heterocycles. The fraction of sp³-hybridized carbons (Fsp3) is 0.400. The van der Waals surface area contributed by atoms with Crippen LogP contribution in [-0.4, -0.2) is 28.8 Å². The molecule has 0 saturated carbocycles. The first kappa shape index (κ1) is 10.3. The summed E-state index contributed by atoms with van der Waals surface area (Å²) >= 11 is 0. The molecule has 2 aliphatic heterocycles. The average Bonchev–Trinajstić information content (AvgIpc) is 2.78. The number of benzene rings is 1. The largest absolute Gasteiger partial charge is 0.357 e. The third-order valence-electron chi connectivity index (χ3n) is 4.37. The Morgan fingerprint density at radius 1 is 1.17 bits per heavy atom. The maximum Gasteiger partial charge on any atom is 0.136 e. The van der Waals surface area contributed by atoms with Gasteiger partial charge >= 0.3 is 0 Å². The van der Waals surface area contributed by atoms with Crippen molar-refractivity contribution < 1.29 is 4.79 Å². The molecule has 2 aromatic rings. The topological polar surface area (TPSA) is 36.1 Å². The van der Waals surface area contributed by atoms with E-state index >= 15 is 0 Å². The fourth-order valence-electron chi connectivity index (χ4n) is 3.45. The molecule has 1 atom stereocenters. The maximum absolute atomic E-state index is 11.7. The Bertz CT molecular complexity index is 628. The minimum absolute atomic E-state index is 0.294. The molecule has 2 aliphatic rings. The normalized spacial score (nSPS) is 24.0. The first-order chi connectivity index (χ1) is 8.83. The van der Waals surface area contributed by atoms with Crippen molar-refractivity contribution in [2.24, 2.45) is 0 Å². The van der Waals surface area contributed by atoms with E-state index in [4.69, 9.17) is 0 Å². The molecule has 1 N–H and O–H groups in total. The Labute approximate surface area is 106 Å². The summed E-state index contributed by atoms with van der Waals surface area (Å²) < 4.78 is 0. The lowest BCUT2D eigenvalue weighted by Gasteiger charge is -2.38. The van der Waals surface area contributed by atoms with Gasteiger partial charge in [0.2, 0.25) is 0 Å². The molecule has 18 heavy (non-hydrogen) atoms. The lowest BCUT2D eigenvalue weighted by atomic mass is 9.90. The van der Waals surface area contributed by atoms with E-state index in [2.05, 4.69) is 34.1 Å². The maximum atomic E-state index is 11.7. The number of aromatic nitrogens is 1. The standard InChI is InChI=1S/C15H16N2O/c18-10-5-7-17-8-6-12-11-3-1-2-4-13(11)16-15(12)14(17)9-10/h1-4,14,16H,5-9H2. The monoisotopic (exact) mass is 240 g/mol. The minimum atomic E-state index is 0.294. The van der Waals surface area contributed by atoms with Crippen LogP contribution in [0.5, 0.6) is 0 Å². The number of hydrogen-bond donors (Lipinski definition) is 1. The molecular weight excluding hydrogens is 224 g/mol. The Morgan fingerprint density at radius 2 is 2.00 bits per heavy atom. The molecule has 0 radical (unpaired) electrons. The Balaban J connectivity index is 1.88. The molecular formula is C15H16N2O. The van der Waals surface area contributed by atoms with Crippen molar-refractivity contribution in [1.29, 1.82) is 0 Å². The number of nitrogens with one attached hydrogen (secondary N) is 1. The quantitative estimate of drug-likeness (QED) is 0.767. The molecule has 4 rings (SSSR count). The van der Waals surface area contributed by atoms with Gasteiger partial charge in [-0.15, -0.1) is 0 Å². The molecule has 0 bridgehead atoms. The molecule has 1 unspecified atom stereocenters. The van der Waals surface area contributed by atoms with Crippen molar-refractivity contribution in [3.63, 3.8) is 0 Å². The van der Waals surface area contributed by atoms with Gasteiger partial charge in [-0.3, -0.25) is 9.69 Å². The molecule has 0 aliphatic carbocycles. The highest BCUT2D eigenvalue weighted by Crippen LogP contribution is 2.38. The molecule has 1 fully saturated rings. The van der Waals surface area contributed by atoms with Gasteiger partial charge in [0.1, 0.15) is 5.78 Å². The van der Waals surface area contributed by atoms with Crippen LogP contribution in [0.15, 0.2) is 24.3 Å². The van der Waals surface area contributed by atoms with Gasteiger partial charge in [0.15, 0.2) is 0 Å². The molecule has 92 valence electrons. The van der Waals surface area contributed by atoms with Gasteiger partial charge in [-0.05, 0) is 18.1 Å². The molecule has 1 saturated heterocycles. The molecule has 1 aromatic carbocycles. The average molecular weight is 240 g/mol. The van der Waals surface area contributed by atoms with Gasteiger partial charge < -0.3 is 4.98 Å². The SMILES string of the molecule is O=C1CCN2CCc3c([nH]c4ccccc34)C2C1. The van der Waals surface area contributed by atoms with E-state index in [1.165, 1.54) is 22.2 Å². The van der Waals surface area contributed by atoms with Crippen LogP contribution in [0.4, 0.5) is 0 Å². The van der Waals surface area contributed by atoms with Crippen molar-refractivity contribution >= 4 is 16.7 Å². The molecule has 0 spiro atoms. The second-order valence-electron chi connectivity index (χ2n) is 5.36. The van der Waals surface area contributed by atoms with Crippen molar-refractivity contribution in [1.82, 2.24) is 9.88 Å². The zero-order valence-corrected chi connectivity index (χ0v) is 10.3. The first-order valence-corrected chi connectivity index (χ1v) is 6.68. The van der Waals surface area contributed by atoms with Crippen LogP contribution >= 0.6 is 0 Å². The van der Waals surface area contributed by atoms with Gasteiger partial charge in [-0.25, -0.2) is 0 Å². The van der Waals surface area contributed by atoms with Gasteiger partial charge in [0.05, 0.1) is 6.04 Å². The van der Waals surface area contributed by atoms with Crippen LogP contribution in [0.25, 0.3) is 10.9 Å². The van der Waals surface area contributed by atoms with E-state index in [1.807, 2.05) is 0 Å². The number of carbonyl (C=O) groups is 1. The van der Waals surface area contributed by atoms with Gasteiger partial charge in [0.25, 0.3) is 0 Å². The number of aromatic amines is 1. The van der Waals surface area contributed by atoms with Crippen LogP contribution in [0.1, 0.15) is 30.1 Å². The molecule has 3 nitrogen and oxygen atoms in total. The minimum Gasteiger partial charge on any atom is -0.357 e. The second-order valence-corrected chi connectivity index (χ2v) is 5.36. The number of hydrogen-bond acceptors (Lipinski definition) is 2. The number of piperidine rings is 1. The number of Topliss-reactive ketones (excluding diaryl/α,β-unsaturated/α-hetero) is 1. The summed E-state index contributed by atoms with van der Waals surface area (Å²) in [6, 6.07) is 8.76. The van der Waals surface area contributed by atoms with E-state index < -0.39 is 0 Å². The Morgan fingerprint density at radius 3 is 2.94 bits per heavy atom. The van der Waals surface area contributed by atoms with Crippen molar-refractivity contribution in [3.8, 4) is 0 Å². The first-order valence-electron chi connectivity index (χ1n) is 6.68. The zero-order valence-electron chi connectivity index (χ0n) is 10.3. The van der Waals surface area contributed by atoms with Gasteiger partial charge in [0, 0.05) is 42.5 Å². The van der Waals surface area contributed by atoms with Crippen LogP contribution in [0.2, 0.25) is 0 Å². The van der Waals surface area contributed by atoms with Crippen LogP contribution < -0.4 is 0 Å². The van der Waals surface area contributed by atoms with E-state index in [1.54, 1.807) is 0 Å². The van der Waals surface area contributed by atoms with Crippen molar-refractivity contribution in [3.05, 3.63) is 35.5 Å². The molecule has 3 heteroatoms. The highest BCUT2D eigenvalue weighted by Gasteiger charge is 2.34. The fourth-order valence-corrected chi connectivity index (χ4v) is 3.45. The summed E-state index contributed by atoms with van der Waals surface area (Å²) in [6.45, 7) is 2.02. The lowest BCUT2D eigenvalue weighted by Crippen LogP contribution is -2.41. The predicted octanol–water partition coefficient (Wildman–Crippen LogP) is 2.43. The van der Waals surface area contributed by atoms with Crippen LogP contribution in [0.3, 0.4) is 0 Å². The summed E-state index contributed by atoms with van der Waals surface area (Å²) in [4.78, 5) is 17.7. The summed E-state index contributed by atoms with van der Waals surface area (Å²) in [7, 11) is 0. The van der Waals surface area contributed by atoms with Gasteiger partial charge in [-0.2, -0.15) is 0 Å². The zero-order chi connectivity index (χ0) is 12.1. The van der Waals surface area contributed by atoms with Gasteiger partial charge in [-0.1, -0.05) is 18.2 Å². The third-order valence-corrected chi connectivity index (χ3v) is 4.37. The van der Waals surface area contributed by atoms with Crippen LogP contribution in [-0.2, 0) is 11.2 Å². The highest BCUT2D eigenvalue weighted by atomic mass is 16.1. The van der Waals surface area contributed by atoms with Crippen molar-refractivity contribution in [2.75, 3.05) is 13.1 Å². The van der Waals surface area contributed by atoms with E-state index in [0.717, 1.165) is 25.9 Å². The number of carbonyl (C=O) groups excluding carboxylic acids is 1. The summed E-state index contributed by atoms with van der Waals surface area (Å²) in [5.41, 5.74) is 3.93. The van der Waals surface area contributed by atoms with E-state index in [0.29, 0.717) is 18.2 Å². The second kappa shape index (κ2) is 3.69. The molecule has 0 amide bonds. The van der Waals surface area contributed by atoms with Crippen molar-refractivity contribution in [2.45, 2.75) is 25.3 Å². The lowest BCUT2D eigenvalue weighted by molar-refractivity contribution is -0.123. The Hall–Kier alpha value is -1.61. The van der Waals surface area contributed by atoms with E-state index in [-0.39, 0.29) is 0 Å². The predicted molar refractivity (Wildman–Crippen MR) is 70.6 cm³/mol. The number of nitrogens with zero attached hydrogens (tertiary/aromatic N) is 1. The molecule has 3 heterocycles. The number of rotatable bonds is 0. The number of fused-ring (bicyclic) bond motifs is 5. The van der Waals surface area contributed by atoms with Crippen LogP contribution in [0, 0.1) is 0 Å². The summed E-state index contributed by atoms with van der Waals surface area (Å²) in [5, 5.41) is 1.34. The third kappa shape index (κ3) is 1.37. The summed E-state index contributed by atoms with van der Waals surface area (Å²) in [6.07, 6.45) is 2.51. The smallest absolute Gasteiger partial charge is 0.136 e. The Kier molecular flexibility index (Phi) is 2.12. The number of para-hydroxylation sites is 1. The van der Waals surface area contributed by atoms with E-state index in [9.17, 15) is 4.79 Å². The highest BCUT2D eigenvalue weighted by molar-refractivity contribution is 5.86. The number of H-pyrrole nitrogens is 1. The number of ketones is 1. The summed E-state index contributed by atoms with van der Waals surface area (Å²) in [5.74, 6) is 0.405.